The summed E-state index contributed by atoms with van der Waals surface area (Å²) in [7, 11) is 0. The van der Waals surface area contributed by atoms with Crippen molar-refractivity contribution in [3.8, 4) is 5.75 Å². The predicted molar refractivity (Wildman–Crippen MR) is 80.1 cm³/mol. The van der Waals surface area contributed by atoms with Gasteiger partial charge in [0.2, 0.25) is 0 Å². The number of rotatable bonds is 7. The average Bonchev–Trinajstić information content (AvgIpc) is 3.17. The lowest BCUT2D eigenvalue weighted by Crippen LogP contribution is -2.22. The largest absolute Gasteiger partial charge is 0.491 e. The van der Waals surface area contributed by atoms with E-state index in [1.165, 1.54) is 18.4 Å². The molecule has 2 aliphatic rings. The van der Waals surface area contributed by atoms with Crippen LogP contribution in [0.25, 0.3) is 0 Å². The van der Waals surface area contributed by atoms with Crippen molar-refractivity contribution in [3.63, 3.8) is 0 Å². The van der Waals surface area contributed by atoms with Crippen LogP contribution in [0.5, 0.6) is 5.75 Å². The van der Waals surface area contributed by atoms with Crippen molar-refractivity contribution >= 4 is 0 Å². The van der Waals surface area contributed by atoms with Crippen molar-refractivity contribution in [2.75, 3.05) is 19.8 Å². The Labute approximate surface area is 121 Å². The zero-order valence-electron chi connectivity index (χ0n) is 12.3. The van der Waals surface area contributed by atoms with Gasteiger partial charge in [0.15, 0.2) is 0 Å². The molecule has 1 aliphatic carbocycles. The Bertz CT molecular complexity index is 425. The van der Waals surface area contributed by atoms with Gasteiger partial charge in [-0.3, -0.25) is 0 Å². The molecule has 1 aromatic rings. The van der Waals surface area contributed by atoms with E-state index in [4.69, 9.17) is 9.47 Å². The van der Waals surface area contributed by atoms with Crippen LogP contribution in [0.2, 0.25) is 0 Å². The van der Waals surface area contributed by atoms with E-state index < -0.39 is 0 Å². The van der Waals surface area contributed by atoms with Gasteiger partial charge in [-0.15, -0.1) is 0 Å². The molecule has 2 unspecified atom stereocenters. The van der Waals surface area contributed by atoms with Gasteiger partial charge in [0, 0.05) is 18.2 Å². The van der Waals surface area contributed by atoms with Crippen LogP contribution in [0.1, 0.15) is 44.2 Å². The molecule has 3 nitrogen and oxygen atoms in total. The lowest BCUT2D eigenvalue weighted by molar-refractivity contribution is 0.0674. The number of benzene rings is 1. The molecule has 1 saturated carbocycles. The Morgan fingerprint density at radius 1 is 1.30 bits per heavy atom. The van der Waals surface area contributed by atoms with Crippen LogP contribution in [0.4, 0.5) is 0 Å². The molecule has 0 aromatic heterocycles. The van der Waals surface area contributed by atoms with Crippen molar-refractivity contribution < 1.29 is 9.47 Å². The van der Waals surface area contributed by atoms with Gasteiger partial charge >= 0.3 is 0 Å². The highest BCUT2D eigenvalue weighted by Crippen LogP contribution is 2.30. The molecule has 0 bridgehead atoms. The standard InChI is InChI=1S/C17H25NO2/c1-13(18-11-14-8-9-14)16-6-2-3-7-17(16)20-12-15-5-4-10-19-15/h2-3,6-7,13-15,18H,4-5,8-12H2,1H3. The third-order valence-corrected chi connectivity index (χ3v) is 4.24. The van der Waals surface area contributed by atoms with E-state index >= 15 is 0 Å². The Hall–Kier alpha value is -1.06. The molecule has 0 radical (unpaired) electrons. The summed E-state index contributed by atoms with van der Waals surface area (Å²) in [6, 6.07) is 8.71. The Morgan fingerprint density at radius 2 is 2.15 bits per heavy atom. The Morgan fingerprint density at radius 3 is 2.90 bits per heavy atom. The molecular formula is C17H25NO2. The number of hydrogen-bond acceptors (Lipinski definition) is 3. The Kier molecular flexibility index (Phi) is 4.58. The van der Waals surface area contributed by atoms with Crippen molar-refractivity contribution in [1.29, 1.82) is 0 Å². The van der Waals surface area contributed by atoms with Crippen molar-refractivity contribution in [2.45, 2.75) is 44.8 Å². The van der Waals surface area contributed by atoms with Gasteiger partial charge in [-0.1, -0.05) is 18.2 Å². The minimum atomic E-state index is 0.276. The van der Waals surface area contributed by atoms with Crippen molar-refractivity contribution in [3.05, 3.63) is 29.8 Å². The van der Waals surface area contributed by atoms with Crippen LogP contribution < -0.4 is 10.1 Å². The maximum absolute atomic E-state index is 6.00. The maximum Gasteiger partial charge on any atom is 0.124 e. The van der Waals surface area contributed by atoms with E-state index in [1.807, 2.05) is 6.07 Å². The van der Waals surface area contributed by atoms with Gasteiger partial charge in [-0.2, -0.15) is 0 Å². The predicted octanol–water partition coefficient (Wildman–Crippen LogP) is 3.31. The zero-order valence-corrected chi connectivity index (χ0v) is 12.3. The lowest BCUT2D eigenvalue weighted by Gasteiger charge is -2.19. The molecule has 0 amide bonds. The van der Waals surface area contributed by atoms with E-state index in [-0.39, 0.29) is 6.10 Å². The smallest absolute Gasteiger partial charge is 0.124 e. The van der Waals surface area contributed by atoms with Gasteiger partial charge < -0.3 is 14.8 Å². The topological polar surface area (TPSA) is 30.5 Å². The molecule has 2 atom stereocenters. The van der Waals surface area contributed by atoms with Crippen molar-refractivity contribution in [2.24, 2.45) is 5.92 Å². The van der Waals surface area contributed by atoms with Crippen LogP contribution in [-0.4, -0.2) is 25.9 Å². The third kappa shape index (κ3) is 3.74. The monoisotopic (exact) mass is 275 g/mol. The first kappa shape index (κ1) is 13.9. The molecule has 20 heavy (non-hydrogen) atoms. The average molecular weight is 275 g/mol. The van der Waals surface area contributed by atoms with Crippen LogP contribution in [-0.2, 0) is 4.74 Å². The molecule has 3 rings (SSSR count). The molecule has 3 heteroatoms. The van der Waals surface area contributed by atoms with Gasteiger partial charge in [-0.25, -0.2) is 0 Å². The molecular weight excluding hydrogens is 250 g/mol. The highest BCUT2D eigenvalue weighted by molar-refractivity contribution is 5.35. The molecule has 1 aromatic carbocycles. The molecule has 110 valence electrons. The van der Waals surface area contributed by atoms with Gasteiger partial charge in [0.1, 0.15) is 12.4 Å². The second-order valence-electron chi connectivity index (χ2n) is 6.06. The fourth-order valence-corrected chi connectivity index (χ4v) is 2.70. The molecule has 1 aliphatic heterocycles. The minimum Gasteiger partial charge on any atom is -0.491 e. The van der Waals surface area contributed by atoms with Crippen LogP contribution >= 0.6 is 0 Å². The molecule has 2 fully saturated rings. The summed E-state index contributed by atoms with van der Waals surface area (Å²) in [6.07, 6.45) is 5.33. The molecule has 1 N–H and O–H groups in total. The van der Waals surface area contributed by atoms with Crippen molar-refractivity contribution in [1.82, 2.24) is 5.32 Å². The van der Waals surface area contributed by atoms with Gasteiger partial charge in [0.05, 0.1) is 6.10 Å². The Balaban J connectivity index is 1.57. The summed E-state index contributed by atoms with van der Waals surface area (Å²) in [5.74, 6) is 1.90. The SMILES string of the molecule is CC(NCC1CC1)c1ccccc1OCC1CCCO1. The molecule has 1 saturated heterocycles. The summed E-state index contributed by atoms with van der Waals surface area (Å²) < 4.78 is 11.6. The first-order valence-corrected chi connectivity index (χ1v) is 7.89. The van der Waals surface area contributed by atoms with E-state index in [1.54, 1.807) is 0 Å². The summed E-state index contributed by atoms with van der Waals surface area (Å²) >= 11 is 0. The van der Waals surface area contributed by atoms with Gasteiger partial charge in [0.25, 0.3) is 0 Å². The molecule has 0 spiro atoms. The fraction of sp³-hybridized carbons (Fsp3) is 0.647. The van der Waals surface area contributed by atoms with Crippen LogP contribution in [0, 0.1) is 5.92 Å². The molecule has 1 heterocycles. The summed E-state index contributed by atoms with van der Waals surface area (Å²) in [5.41, 5.74) is 1.26. The second-order valence-corrected chi connectivity index (χ2v) is 6.06. The van der Waals surface area contributed by atoms with E-state index in [0.29, 0.717) is 12.6 Å². The first-order chi connectivity index (χ1) is 9.83. The normalized spacial score (nSPS) is 23.8. The fourth-order valence-electron chi connectivity index (χ4n) is 2.70. The second kappa shape index (κ2) is 6.59. The van der Waals surface area contributed by atoms with Crippen LogP contribution in [0.3, 0.4) is 0 Å². The van der Waals surface area contributed by atoms with E-state index in [2.05, 4.69) is 30.4 Å². The number of ether oxygens (including phenoxy) is 2. The third-order valence-electron chi connectivity index (χ3n) is 4.24. The van der Waals surface area contributed by atoms with E-state index in [9.17, 15) is 0 Å². The lowest BCUT2D eigenvalue weighted by atomic mass is 10.1. The highest BCUT2D eigenvalue weighted by Gasteiger charge is 2.22. The van der Waals surface area contributed by atoms with E-state index in [0.717, 1.165) is 37.7 Å². The number of nitrogens with one attached hydrogen (secondary N) is 1. The number of hydrogen-bond donors (Lipinski definition) is 1. The summed E-state index contributed by atoms with van der Waals surface area (Å²) in [6.45, 7) is 4.90. The maximum atomic E-state index is 6.00. The minimum absolute atomic E-state index is 0.276. The summed E-state index contributed by atoms with van der Waals surface area (Å²) in [5, 5.41) is 3.62. The summed E-state index contributed by atoms with van der Waals surface area (Å²) in [4.78, 5) is 0. The highest BCUT2D eigenvalue weighted by atomic mass is 16.5. The quantitative estimate of drug-likeness (QED) is 0.828. The first-order valence-electron chi connectivity index (χ1n) is 7.89. The van der Waals surface area contributed by atoms with Gasteiger partial charge in [-0.05, 0) is 51.1 Å². The van der Waals surface area contributed by atoms with Crippen LogP contribution in [0.15, 0.2) is 24.3 Å². The zero-order chi connectivity index (χ0) is 13.8. The number of para-hydroxylation sites is 1.